The zero-order valence-electron chi connectivity index (χ0n) is 7.70. The molecule has 1 aromatic rings. The molecule has 0 amide bonds. The standard InChI is InChI=1S/C10H8FN3S/c1-2-7-3-4-9(11)8(5-7)6-13-14-10(12)15/h1,3-6H,(H3,12,14,15). The molecule has 5 heteroatoms. The maximum atomic E-state index is 13.2. The van der Waals surface area contributed by atoms with E-state index in [1.165, 1.54) is 24.4 Å². The van der Waals surface area contributed by atoms with Gasteiger partial charge in [-0.3, -0.25) is 5.43 Å². The second-order valence-corrected chi connectivity index (χ2v) is 3.05. The molecule has 0 spiro atoms. The molecule has 0 radical (unpaired) electrons. The lowest BCUT2D eigenvalue weighted by Crippen LogP contribution is -2.24. The summed E-state index contributed by atoms with van der Waals surface area (Å²) in [6, 6.07) is 4.28. The van der Waals surface area contributed by atoms with Crippen LogP contribution in [0.25, 0.3) is 0 Å². The first-order valence-corrected chi connectivity index (χ1v) is 4.39. The van der Waals surface area contributed by atoms with E-state index < -0.39 is 5.82 Å². The second-order valence-electron chi connectivity index (χ2n) is 2.61. The van der Waals surface area contributed by atoms with Gasteiger partial charge in [-0.25, -0.2) is 4.39 Å². The van der Waals surface area contributed by atoms with Crippen molar-refractivity contribution in [1.82, 2.24) is 5.43 Å². The molecule has 0 aliphatic rings. The van der Waals surface area contributed by atoms with Crippen molar-refractivity contribution in [2.24, 2.45) is 10.8 Å². The number of hydrogen-bond acceptors (Lipinski definition) is 2. The minimum Gasteiger partial charge on any atom is -0.375 e. The summed E-state index contributed by atoms with van der Waals surface area (Å²) in [5.41, 5.74) is 8.30. The number of hydrazone groups is 1. The number of benzene rings is 1. The average Bonchev–Trinajstić information content (AvgIpc) is 2.20. The minimum atomic E-state index is -0.414. The van der Waals surface area contributed by atoms with E-state index in [9.17, 15) is 4.39 Å². The first kappa shape index (κ1) is 11.1. The molecule has 15 heavy (non-hydrogen) atoms. The van der Waals surface area contributed by atoms with Crippen LogP contribution < -0.4 is 11.2 Å². The van der Waals surface area contributed by atoms with E-state index in [0.717, 1.165) is 0 Å². The Kier molecular flexibility index (Phi) is 3.77. The molecule has 0 bridgehead atoms. The zero-order chi connectivity index (χ0) is 11.3. The van der Waals surface area contributed by atoms with Gasteiger partial charge in [-0.2, -0.15) is 5.10 Å². The summed E-state index contributed by atoms with van der Waals surface area (Å²) < 4.78 is 13.2. The van der Waals surface area contributed by atoms with E-state index in [1.54, 1.807) is 0 Å². The molecule has 0 aliphatic carbocycles. The fourth-order valence-electron chi connectivity index (χ4n) is 0.898. The monoisotopic (exact) mass is 221 g/mol. The van der Waals surface area contributed by atoms with Crippen LogP contribution in [0.15, 0.2) is 23.3 Å². The SMILES string of the molecule is C#Cc1ccc(F)c(C=NNC(N)=S)c1. The highest BCUT2D eigenvalue weighted by Gasteiger charge is 1.99. The van der Waals surface area contributed by atoms with Crippen LogP contribution in [0.1, 0.15) is 11.1 Å². The van der Waals surface area contributed by atoms with Crippen LogP contribution >= 0.6 is 12.2 Å². The van der Waals surface area contributed by atoms with Gasteiger partial charge >= 0.3 is 0 Å². The first-order chi connectivity index (χ1) is 7.13. The second kappa shape index (κ2) is 5.08. The summed E-state index contributed by atoms with van der Waals surface area (Å²) in [5.74, 6) is 1.98. The van der Waals surface area contributed by atoms with Crippen molar-refractivity contribution in [1.29, 1.82) is 0 Å². The van der Waals surface area contributed by atoms with E-state index >= 15 is 0 Å². The van der Waals surface area contributed by atoms with Crippen molar-refractivity contribution < 1.29 is 4.39 Å². The number of nitrogens with zero attached hydrogens (tertiary/aromatic N) is 1. The Balaban J connectivity index is 2.89. The van der Waals surface area contributed by atoms with Crippen molar-refractivity contribution in [3.05, 3.63) is 35.1 Å². The van der Waals surface area contributed by atoms with E-state index in [2.05, 4.69) is 28.7 Å². The third-order valence-corrected chi connectivity index (χ3v) is 1.63. The van der Waals surface area contributed by atoms with Crippen LogP contribution in [0.3, 0.4) is 0 Å². The van der Waals surface area contributed by atoms with Gasteiger partial charge in [-0.05, 0) is 30.4 Å². The zero-order valence-corrected chi connectivity index (χ0v) is 8.51. The van der Waals surface area contributed by atoms with Crippen molar-refractivity contribution in [3.8, 4) is 12.3 Å². The van der Waals surface area contributed by atoms with Crippen LogP contribution in [0.2, 0.25) is 0 Å². The molecular weight excluding hydrogens is 213 g/mol. The lowest BCUT2D eigenvalue weighted by Gasteiger charge is -1.98. The summed E-state index contributed by atoms with van der Waals surface area (Å²) in [4.78, 5) is 0. The van der Waals surface area contributed by atoms with E-state index in [1.807, 2.05) is 0 Å². The molecule has 76 valence electrons. The summed E-state index contributed by atoms with van der Waals surface area (Å²) in [6.07, 6.45) is 6.43. The van der Waals surface area contributed by atoms with Gasteiger partial charge in [0, 0.05) is 11.1 Å². The van der Waals surface area contributed by atoms with Crippen molar-refractivity contribution in [2.45, 2.75) is 0 Å². The molecule has 1 aromatic carbocycles. The Labute approximate surface area is 92.2 Å². The Morgan fingerprint density at radius 1 is 1.67 bits per heavy atom. The van der Waals surface area contributed by atoms with Gasteiger partial charge in [0.05, 0.1) is 6.21 Å². The molecule has 3 N–H and O–H groups in total. The number of terminal acetylenes is 1. The summed E-state index contributed by atoms with van der Waals surface area (Å²) in [7, 11) is 0. The Morgan fingerprint density at radius 3 is 3.00 bits per heavy atom. The van der Waals surface area contributed by atoms with E-state index in [0.29, 0.717) is 5.56 Å². The molecule has 0 saturated carbocycles. The van der Waals surface area contributed by atoms with Crippen LogP contribution in [-0.4, -0.2) is 11.3 Å². The van der Waals surface area contributed by atoms with Crippen LogP contribution in [0.5, 0.6) is 0 Å². The van der Waals surface area contributed by atoms with Gasteiger partial charge in [0.15, 0.2) is 5.11 Å². The highest BCUT2D eigenvalue weighted by atomic mass is 32.1. The lowest BCUT2D eigenvalue weighted by molar-refractivity contribution is 0.625. The molecular formula is C10H8FN3S. The van der Waals surface area contributed by atoms with Gasteiger partial charge in [0.25, 0.3) is 0 Å². The van der Waals surface area contributed by atoms with E-state index in [-0.39, 0.29) is 10.7 Å². The lowest BCUT2D eigenvalue weighted by atomic mass is 10.1. The Bertz CT molecular complexity index is 448. The maximum absolute atomic E-state index is 13.2. The fourth-order valence-corrected chi connectivity index (χ4v) is 0.951. The van der Waals surface area contributed by atoms with Crippen LogP contribution in [0, 0.1) is 18.2 Å². The van der Waals surface area contributed by atoms with Crippen LogP contribution in [0.4, 0.5) is 4.39 Å². The smallest absolute Gasteiger partial charge is 0.184 e. The third-order valence-electron chi connectivity index (χ3n) is 1.54. The predicted octanol–water partition coefficient (Wildman–Crippen LogP) is 0.974. The summed E-state index contributed by atoms with van der Waals surface area (Å²) in [5, 5.41) is 3.64. The number of nitrogens with one attached hydrogen (secondary N) is 1. The molecule has 0 heterocycles. The van der Waals surface area contributed by atoms with Gasteiger partial charge in [-0.15, -0.1) is 6.42 Å². The Hall–Kier alpha value is -1.93. The molecule has 0 aromatic heterocycles. The van der Waals surface area contributed by atoms with Gasteiger partial charge in [-0.1, -0.05) is 5.92 Å². The van der Waals surface area contributed by atoms with Crippen molar-refractivity contribution in [2.75, 3.05) is 0 Å². The first-order valence-electron chi connectivity index (χ1n) is 3.98. The molecule has 1 rings (SSSR count). The molecule has 3 nitrogen and oxygen atoms in total. The number of hydrogen-bond donors (Lipinski definition) is 2. The molecule has 0 atom stereocenters. The van der Waals surface area contributed by atoms with Gasteiger partial charge < -0.3 is 5.73 Å². The topological polar surface area (TPSA) is 50.4 Å². The fraction of sp³-hybridized carbons (Fsp3) is 0. The van der Waals surface area contributed by atoms with Crippen molar-refractivity contribution in [3.63, 3.8) is 0 Å². The average molecular weight is 221 g/mol. The normalized spacial score (nSPS) is 9.87. The molecule has 0 unspecified atom stereocenters. The predicted molar refractivity (Wildman–Crippen MR) is 61.9 cm³/mol. The summed E-state index contributed by atoms with van der Waals surface area (Å²) in [6.45, 7) is 0. The van der Waals surface area contributed by atoms with E-state index in [4.69, 9.17) is 12.2 Å². The largest absolute Gasteiger partial charge is 0.375 e. The number of nitrogens with two attached hydrogens (primary N) is 1. The number of halogens is 1. The minimum absolute atomic E-state index is 0.0137. The van der Waals surface area contributed by atoms with Crippen molar-refractivity contribution >= 4 is 23.5 Å². The van der Waals surface area contributed by atoms with Gasteiger partial charge in [0.2, 0.25) is 0 Å². The van der Waals surface area contributed by atoms with Gasteiger partial charge in [0.1, 0.15) is 5.82 Å². The third kappa shape index (κ3) is 3.37. The quantitative estimate of drug-likeness (QED) is 0.339. The summed E-state index contributed by atoms with van der Waals surface area (Å²) >= 11 is 4.52. The molecule has 0 saturated heterocycles. The highest BCUT2D eigenvalue weighted by molar-refractivity contribution is 7.80. The number of rotatable bonds is 2. The molecule has 0 aliphatic heterocycles. The number of thiocarbonyl (C=S) groups is 1. The highest BCUT2D eigenvalue weighted by Crippen LogP contribution is 2.07. The molecule has 0 fully saturated rings. The Morgan fingerprint density at radius 2 is 2.40 bits per heavy atom. The maximum Gasteiger partial charge on any atom is 0.184 e. The van der Waals surface area contributed by atoms with Crippen LogP contribution in [-0.2, 0) is 0 Å².